The molecule has 0 aliphatic rings. The SMILES string of the molecule is COC.NC(CO)C(=O)O. The lowest BCUT2D eigenvalue weighted by Crippen LogP contribution is -2.33. The second kappa shape index (κ2) is 8.35. The third kappa shape index (κ3) is 10.4. The van der Waals surface area contributed by atoms with E-state index in [0.717, 1.165) is 0 Å². The van der Waals surface area contributed by atoms with Crippen LogP contribution in [0.15, 0.2) is 0 Å². The van der Waals surface area contributed by atoms with E-state index in [1.807, 2.05) is 0 Å². The Morgan fingerprint density at radius 3 is 2.00 bits per heavy atom. The first kappa shape index (κ1) is 12.1. The number of aliphatic carboxylic acids is 1. The number of rotatable bonds is 2. The first-order chi connectivity index (χ1) is 4.59. The normalized spacial score (nSPS) is 11.2. The van der Waals surface area contributed by atoms with Crippen LogP contribution in [0, 0.1) is 0 Å². The van der Waals surface area contributed by atoms with E-state index in [1.54, 1.807) is 14.2 Å². The summed E-state index contributed by atoms with van der Waals surface area (Å²) in [6.45, 7) is -0.505. The summed E-state index contributed by atoms with van der Waals surface area (Å²) >= 11 is 0. The summed E-state index contributed by atoms with van der Waals surface area (Å²) in [6.07, 6.45) is 0. The molecule has 0 aliphatic carbocycles. The van der Waals surface area contributed by atoms with Gasteiger partial charge in [0.2, 0.25) is 0 Å². The number of hydrogen-bond acceptors (Lipinski definition) is 4. The minimum atomic E-state index is -1.18. The van der Waals surface area contributed by atoms with Crippen molar-refractivity contribution in [3.8, 4) is 0 Å². The summed E-state index contributed by atoms with van der Waals surface area (Å²) in [5.74, 6) is -1.18. The van der Waals surface area contributed by atoms with Gasteiger partial charge in [-0.3, -0.25) is 4.79 Å². The molecule has 5 heteroatoms. The van der Waals surface area contributed by atoms with Gasteiger partial charge in [0.15, 0.2) is 0 Å². The maximum Gasteiger partial charge on any atom is 0.322 e. The van der Waals surface area contributed by atoms with Gasteiger partial charge in [-0.2, -0.15) is 0 Å². The summed E-state index contributed by atoms with van der Waals surface area (Å²) in [4.78, 5) is 9.65. The van der Waals surface area contributed by atoms with E-state index < -0.39 is 18.6 Å². The average molecular weight is 151 g/mol. The molecular formula is C5H13NO4. The second-order valence-electron chi connectivity index (χ2n) is 1.54. The van der Waals surface area contributed by atoms with E-state index in [4.69, 9.17) is 15.9 Å². The molecular weight excluding hydrogens is 138 g/mol. The quantitative estimate of drug-likeness (QED) is 0.454. The van der Waals surface area contributed by atoms with Gasteiger partial charge >= 0.3 is 5.97 Å². The smallest absolute Gasteiger partial charge is 0.322 e. The zero-order chi connectivity index (χ0) is 8.57. The zero-order valence-electron chi connectivity index (χ0n) is 6.07. The summed E-state index contributed by atoms with van der Waals surface area (Å²) in [6, 6.07) is -1.13. The van der Waals surface area contributed by atoms with Crippen molar-refractivity contribution in [1.29, 1.82) is 0 Å². The van der Waals surface area contributed by atoms with E-state index in [-0.39, 0.29) is 0 Å². The Labute approximate surface area is 59.4 Å². The van der Waals surface area contributed by atoms with Gasteiger partial charge in [-0.1, -0.05) is 0 Å². The molecule has 0 aliphatic heterocycles. The monoisotopic (exact) mass is 151 g/mol. The van der Waals surface area contributed by atoms with Crippen molar-refractivity contribution in [2.24, 2.45) is 5.73 Å². The van der Waals surface area contributed by atoms with Crippen LogP contribution in [-0.2, 0) is 9.53 Å². The predicted octanol–water partition coefficient (Wildman–Crippen LogP) is -1.35. The van der Waals surface area contributed by atoms with E-state index >= 15 is 0 Å². The van der Waals surface area contributed by atoms with E-state index in [9.17, 15) is 4.79 Å². The molecule has 0 radical (unpaired) electrons. The van der Waals surface area contributed by atoms with Gasteiger partial charge in [0.1, 0.15) is 6.04 Å². The van der Waals surface area contributed by atoms with Crippen LogP contribution in [0.25, 0.3) is 0 Å². The zero-order valence-corrected chi connectivity index (χ0v) is 6.07. The van der Waals surface area contributed by atoms with Crippen LogP contribution in [0.4, 0.5) is 0 Å². The molecule has 0 bridgehead atoms. The second-order valence-corrected chi connectivity index (χ2v) is 1.54. The number of carbonyl (C=O) groups is 1. The van der Waals surface area contributed by atoms with Crippen molar-refractivity contribution in [1.82, 2.24) is 0 Å². The van der Waals surface area contributed by atoms with Crippen molar-refractivity contribution in [2.75, 3.05) is 20.8 Å². The van der Waals surface area contributed by atoms with E-state index in [0.29, 0.717) is 0 Å². The van der Waals surface area contributed by atoms with Crippen LogP contribution in [0.2, 0.25) is 0 Å². The Bertz CT molecular complexity index is 85.7. The Kier molecular flexibility index (Phi) is 10.1. The number of nitrogens with two attached hydrogens (primary N) is 1. The fourth-order valence-corrected chi connectivity index (χ4v) is 0.0781. The molecule has 62 valence electrons. The van der Waals surface area contributed by atoms with Gasteiger partial charge in [-0.15, -0.1) is 0 Å². The van der Waals surface area contributed by atoms with Gasteiger partial charge < -0.3 is 20.7 Å². The van der Waals surface area contributed by atoms with Gasteiger partial charge in [0.25, 0.3) is 0 Å². The molecule has 1 atom stereocenters. The van der Waals surface area contributed by atoms with Crippen molar-refractivity contribution in [3.63, 3.8) is 0 Å². The van der Waals surface area contributed by atoms with Gasteiger partial charge in [-0.05, 0) is 0 Å². The minimum absolute atomic E-state index is 0.505. The van der Waals surface area contributed by atoms with Crippen LogP contribution < -0.4 is 5.73 Å². The Hall–Kier alpha value is -0.650. The molecule has 5 nitrogen and oxygen atoms in total. The van der Waals surface area contributed by atoms with Crippen molar-refractivity contribution in [3.05, 3.63) is 0 Å². The first-order valence-corrected chi connectivity index (χ1v) is 2.59. The number of aliphatic hydroxyl groups excluding tert-OH is 1. The number of carboxylic acids is 1. The highest BCUT2D eigenvalue weighted by Gasteiger charge is 2.06. The third-order valence-electron chi connectivity index (χ3n) is 0.514. The highest BCUT2D eigenvalue weighted by molar-refractivity contribution is 5.73. The fraction of sp³-hybridized carbons (Fsp3) is 0.800. The van der Waals surface area contributed by atoms with E-state index in [1.165, 1.54) is 0 Å². The largest absolute Gasteiger partial charge is 0.480 e. The molecule has 0 amide bonds. The maximum atomic E-state index is 9.65. The predicted molar refractivity (Wildman–Crippen MR) is 35.6 cm³/mol. The molecule has 0 rings (SSSR count). The van der Waals surface area contributed by atoms with E-state index in [2.05, 4.69) is 4.74 Å². The average Bonchev–Trinajstić information content (AvgIpc) is 1.88. The molecule has 0 saturated heterocycles. The van der Waals surface area contributed by atoms with Crippen LogP contribution in [-0.4, -0.2) is 43.1 Å². The van der Waals surface area contributed by atoms with Crippen molar-refractivity contribution in [2.45, 2.75) is 6.04 Å². The van der Waals surface area contributed by atoms with Crippen LogP contribution in [0.3, 0.4) is 0 Å². The van der Waals surface area contributed by atoms with Gasteiger partial charge in [0.05, 0.1) is 6.61 Å². The lowest BCUT2D eigenvalue weighted by Gasteiger charge is -1.96. The molecule has 0 fully saturated rings. The van der Waals surface area contributed by atoms with Gasteiger partial charge in [0, 0.05) is 14.2 Å². The molecule has 0 aromatic heterocycles. The number of hydrogen-bond donors (Lipinski definition) is 3. The minimum Gasteiger partial charge on any atom is -0.480 e. The Morgan fingerprint density at radius 1 is 1.70 bits per heavy atom. The lowest BCUT2D eigenvalue weighted by atomic mass is 10.3. The molecule has 0 heterocycles. The lowest BCUT2D eigenvalue weighted by molar-refractivity contribution is -0.139. The number of methoxy groups -OCH3 is 1. The third-order valence-corrected chi connectivity index (χ3v) is 0.514. The van der Waals surface area contributed by atoms with Crippen molar-refractivity contribution >= 4 is 5.97 Å². The molecule has 0 saturated carbocycles. The summed E-state index contributed by atoms with van der Waals surface area (Å²) in [5, 5.41) is 15.9. The van der Waals surface area contributed by atoms with Crippen LogP contribution in [0.1, 0.15) is 0 Å². The summed E-state index contributed by atoms with van der Waals surface area (Å²) in [7, 11) is 3.25. The molecule has 0 spiro atoms. The first-order valence-electron chi connectivity index (χ1n) is 2.59. The standard InChI is InChI=1S/C3H7NO3.C2H6O/c4-2(1-5)3(6)7;1-3-2/h2,5H,1,4H2,(H,6,7);1-2H3. The molecule has 1 unspecified atom stereocenters. The fourth-order valence-electron chi connectivity index (χ4n) is 0.0781. The Morgan fingerprint density at radius 2 is 2.00 bits per heavy atom. The highest BCUT2D eigenvalue weighted by Crippen LogP contribution is 1.71. The van der Waals surface area contributed by atoms with Crippen LogP contribution in [0.5, 0.6) is 0 Å². The summed E-state index contributed by atoms with van der Waals surface area (Å²) < 4.78 is 4.25. The van der Waals surface area contributed by atoms with Gasteiger partial charge in [-0.25, -0.2) is 0 Å². The molecule has 10 heavy (non-hydrogen) atoms. The van der Waals surface area contributed by atoms with Crippen molar-refractivity contribution < 1.29 is 19.7 Å². The number of carboxylic acid groups (broad SMARTS) is 1. The molecule has 0 aromatic carbocycles. The topological polar surface area (TPSA) is 92.8 Å². The molecule has 4 N–H and O–H groups in total. The maximum absolute atomic E-state index is 9.65. The highest BCUT2D eigenvalue weighted by atomic mass is 16.4. The number of aliphatic hydroxyl groups is 1. The summed E-state index contributed by atoms with van der Waals surface area (Å²) in [5.41, 5.74) is 4.77. The number of ether oxygens (including phenoxy) is 1. The molecule has 0 aromatic rings. The van der Waals surface area contributed by atoms with Crippen LogP contribution >= 0.6 is 0 Å². The Balaban J connectivity index is 0.